The molecular formula is C21H30N2O4. The number of carbonyl (C=O) groups excluding carboxylic acids is 2. The SMILES string of the molecule is COc1cc([C@@H]2C[C@H]2NC(=O)CN2CCCCCCC2=O)c(OC)cc1C. The van der Waals surface area contributed by atoms with Crippen molar-refractivity contribution in [1.29, 1.82) is 0 Å². The van der Waals surface area contributed by atoms with E-state index in [1.54, 1.807) is 19.1 Å². The third kappa shape index (κ3) is 4.73. The lowest BCUT2D eigenvalue weighted by molar-refractivity contribution is -0.136. The Morgan fingerprint density at radius 3 is 2.63 bits per heavy atom. The van der Waals surface area contributed by atoms with Crippen LogP contribution in [0.3, 0.4) is 0 Å². The maximum atomic E-state index is 12.5. The van der Waals surface area contributed by atoms with E-state index in [9.17, 15) is 9.59 Å². The van der Waals surface area contributed by atoms with Crippen LogP contribution in [0.25, 0.3) is 0 Å². The first-order valence-corrected chi connectivity index (χ1v) is 9.83. The van der Waals surface area contributed by atoms with Crippen LogP contribution in [0, 0.1) is 6.92 Å². The van der Waals surface area contributed by atoms with Crippen LogP contribution in [0.5, 0.6) is 11.5 Å². The van der Waals surface area contributed by atoms with E-state index in [1.807, 2.05) is 19.1 Å². The Balaban J connectivity index is 1.59. The fourth-order valence-corrected chi connectivity index (χ4v) is 3.87. The van der Waals surface area contributed by atoms with E-state index in [0.717, 1.165) is 54.7 Å². The van der Waals surface area contributed by atoms with Gasteiger partial charge in [-0.15, -0.1) is 0 Å². The van der Waals surface area contributed by atoms with E-state index in [2.05, 4.69) is 5.32 Å². The first-order valence-electron chi connectivity index (χ1n) is 9.83. The van der Waals surface area contributed by atoms with Gasteiger partial charge in [-0.05, 0) is 43.9 Å². The molecule has 1 aliphatic carbocycles. The molecular weight excluding hydrogens is 344 g/mol. The van der Waals surface area contributed by atoms with Crippen molar-refractivity contribution in [2.45, 2.75) is 57.4 Å². The number of aryl methyl sites for hydroxylation is 1. The van der Waals surface area contributed by atoms with E-state index >= 15 is 0 Å². The zero-order valence-electron chi connectivity index (χ0n) is 16.5. The standard InChI is InChI=1S/C21H30N2O4/c1-14-10-19(27-3)16(12-18(14)26-2)15-11-17(15)22-20(24)13-23-9-7-5-4-6-8-21(23)25/h10,12,15,17H,4-9,11,13H2,1-3H3,(H,22,24)/t15-,17+/m0/s1. The molecule has 1 heterocycles. The molecule has 0 spiro atoms. The fourth-order valence-electron chi connectivity index (χ4n) is 3.87. The number of hydrogen-bond donors (Lipinski definition) is 1. The molecule has 6 nitrogen and oxygen atoms in total. The van der Waals surface area contributed by atoms with Crippen molar-refractivity contribution in [3.63, 3.8) is 0 Å². The highest BCUT2D eigenvalue weighted by Crippen LogP contribution is 2.46. The summed E-state index contributed by atoms with van der Waals surface area (Å²) in [6.45, 7) is 2.83. The highest BCUT2D eigenvalue weighted by molar-refractivity contribution is 5.85. The van der Waals surface area contributed by atoms with Crippen LogP contribution in [0.15, 0.2) is 12.1 Å². The number of amides is 2. The maximum Gasteiger partial charge on any atom is 0.239 e. The molecule has 1 N–H and O–H groups in total. The quantitative estimate of drug-likeness (QED) is 0.831. The van der Waals surface area contributed by atoms with Gasteiger partial charge in [0.15, 0.2) is 0 Å². The summed E-state index contributed by atoms with van der Waals surface area (Å²) in [5.41, 5.74) is 2.09. The van der Waals surface area contributed by atoms with Crippen molar-refractivity contribution in [2.75, 3.05) is 27.3 Å². The summed E-state index contributed by atoms with van der Waals surface area (Å²) in [7, 11) is 3.32. The van der Waals surface area contributed by atoms with Gasteiger partial charge < -0.3 is 19.7 Å². The minimum Gasteiger partial charge on any atom is -0.496 e. The highest BCUT2D eigenvalue weighted by Gasteiger charge is 2.41. The Bertz CT molecular complexity index is 704. The Kier molecular flexibility index (Phi) is 6.24. The average molecular weight is 374 g/mol. The zero-order chi connectivity index (χ0) is 19.4. The maximum absolute atomic E-state index is 12.5. The summed E-state index contributed by atoms with van der Waals surface area (Å²) in [5, 5.41) is 3.08. The molecule has 1 saturated carbocycles. The number of nitrogens with zero attached hydrogens (tertiary/aromatic N) is 1. The number of ether oxygens (including phenoxy) is 2. The second-order valence-electron chi connectivity index (χ2n) is 7.56. The molecule has 1 aromatic rings. The number of benzene rings is 1. The van der Waals surface area contributed by atoms with Crippen LogP contribution >= 0.6 is 0 Å². The summed E-state index contributed by atoms with van der Waals surface area (Å²) < 4.78 is 10.9. The van der Waals surface area contributed by atoms with Gasteiger partial charge in [0.05, 0.1) is 20.8 Å². The molecule has 148 valence electrons. The van der Waals surface area contributed by atoms with Gasteiger partial charge in [0.2, 0.25) is 11.8 Å². The van der Waals surface area contributed by atoms with Gasteiger partial charge in [0.1, 0.15) is 11.5 Å². The number of nitrogens with one attached hydrogen (secondary N) is 1. The van der Waals surface area contributed by atoms with Gasteiger partial charge in [-0.25, -0.2) is 0 Å². The third-order valence-corrected chi connectivity index (χ3v) is 5.54. The second-order valence-corrected chi connectivity index (χ2v) is 7.56. The van der Waals surface area contributed by atoms with E-state index in [0.29, 0.717) is 13.0 Å². The van der Waals surface area contributed by atoms with Crippen LogP contribution in [0.1, 0.15) is 55.6 Å². The van der Waals surface area contributed by atoms with Crippen molar-refractivity contribution < 1.29 is 19.1 Å². The summed E-state index contributed by atoms with van der Waals surface area (Å²) >= 11 is 0. The molecule has 2 amide bonds. The lowest BCUT2D eigenvalue weighted by atomic mass is 10.1. The molecule has 1 saturated heterocycles. The minimum atomic E-state index is -0.0746. The van der Waals surface area contributed by atoms with Crippen LogP contribution in [0.2, 0.25) is 0 Å². The minimum absolute atomic E-state index is 0.0746. The first-order chi connectivity index (χ1) is 13.0. The Hall–Kier alpha value is -2.24. The highest BCUT2D eigenvalue weighted by atomic mass is 16.5. The van der Waals surface area contributed by atoms with E-state index in [4.69, 9.17) is 9.47 Å². The molecule has 3 rings (SSSR count). The fraction of sp³-hybridized carbons (Fsp3) is 0.619. The topological polar surface area (TPSA) is 67.9 Å². The van der Waals surface area contributed by atoms with Gasteiger partial charge in [0.25, 0.3) is 0 Å². The molecule has 0 bridgehead atoms. The molecule has 6 heteroatoms. The Morgan fingerprint density at radius 2 is 1.89 bits per heavy atom. The van der Waals surface area contributed by atoms with E-state index < -0.39 is 0 Å². The summed E-state index contributed by atoms with van der Waals surface area (Å²) in [6.07, 6.45) is 5.58. The van der Waals surface area contributed by atoms with E-state index in [-0.39, 0.29) is 30.3 Å². The third-order valence-electron chi connectivity index (χ3n) is 5.54. The van der Waals surface area contributed by atoms with Gasteiger partial charge in [-0.2, -0.15) is 0 Å². The monoisotopic (exact) mass is 374 g/mol. The Labute approximate surface area is 161 Å². The van der Waals surface area contributed by atoms with Crippen molar-refractivity contribution in [1.82, 2.24) is 10.2 Å². The first kappa shape index (κ1) is 19.5. The van der Waals surface area contributed by atoms with Crippen molar-refractivity contribution in [3.8, 4) is 11.5 Å². The number of carbonyl (C=O) groups is 2. The van der Waals surface area contributed by atoms with Gasteiger partial charge in [-0.1, -0.05) is 12.8 Å². The number of methoxy groups -OCH3 is 2. The second kappa shape index (κ2) is 8.63. The van der Waals surface area contributed by atoms with Crippen LogP contribution in [0.4, 0.5) is 0 Å². The zero-order valence-corrected chi connectivity index (χ0v) is 16.5. The van der Waals surface area contributed by atoms with Gasteiger partial charge in [0, 0.05) is 30.5 Å². The lowest BCUT2D eigenvalue weighted by Gasteiger charge is -2.24. The van der Waals surface area contributed by atoms with Crippen molar-refractivity contribution in [3.05, 3.63) is 23.3 Å². The lowest BCUT2D eigenvalue weighted by Crippen LogP contribution is -2.42. The Morgan fingerprint density at radius 1 is 1.15 bits per heavy atom. The number of rotatable bonds is 6. The molecule has 2 fully saturated rings. The molecule has 2 aliphatic rings. The molecule has 2 atom stereocenters. The summed E-state index contributed by atoms with van der Waals surface area (Å²) in [4.78, 5) is 26.4. The number of likely N-dealkylation sites (tertiary alicyclic amines) is 1. The number of hydrogen-bond acceptors (Lipinski definition) is 4. The van der Waals surface area contributed by atoms with Gasteiger partial charge >= 0.3 is 0 Å². The van der Waals surface area contributed by atoms with Crippen LogP contribution < -0.4 is 14.8 Å². The molecule has 0 radical (unpaired) electrons. The molecule has 1 aliphatic heterocycles. The predicted octanol–water partition coefficient (Wildman–Crippen LogP) is 2.78. The molecule has 27 heavy (non-hydrogen) atoms. The van der Waals surface area contributed by atoms with Gasteiger partial charge in [-0.3, -0.25) is 9.59 Å². The molecule has 1 aromatic carbocycles. The summed E-state index contributed by atoms with van der Waals surface area (Å²) in [5.74, 6) is 1.90. The predicted molar refractivity (Wildman–Crippen MR) is 103 cm³/mol. The summed E-state index contributed by atoms with van der Waals surface area (Å²) in [6, 6.07) is 4.07. The van der Waals surface area contributed by atoms with E-state index in [1.165, 1.54) is 0 Å². The average Bonchev–Trinajstić information content (AvgIpc) is 3.39. The molecule has 0 unspecified atom stereocenters. The van der Waals surface area contributed by atoms with Crippen molar-refractivity contribution in [2.24, 2.45) is 0 Å². The largest absolute Gasteiger partial charge is 0.496 e. The van der Waals surface area contributed by atoms with Crippen LogP contribution in [-0.4, -0.2) is 50.1 Å². The normalized spacial score (nSPS) is 22.6. The van der Waals surface area contributed by atoms with Crippen LogP contribution in [-0.2, 0) is 9.59 Å². The van der Waals surface area contributed by atoms with Crippen molar-refractivity contribution >= 4 is 11.8 Å². The molecule has 0 aromatic heterocycles. The smallest absolute Gasteiger partial charge is 0.239 e.